The first-order valence-corrected chi connectivity index (χ1v) is 6.30. The van der Waals surface area contributed by atoms with Crippen LogP contribution >= 0.6 is 0 Å². The first-order chi connectivity index (χ1) is 9.22. The zero-order valence-electron chi connectivity index (χ0n) is 10.5. The number of aryl methyl sites for hydroxylation is 1. The highest BCUT2D eigenvalue weighted by Crippen LogP contribution is 2.32. The number of aromatic nitrogens is 1. The van der Waals surface area contributed by atoms with Crippen LogP contribution in [0, 0.1) is 18.0 Å². The highest BCUT2D eigenvalue weighted by molar-refractivity contribution is 5.80. The van der Waals surface area contributed by atoms with Gasteiger partial charge in [0.25, 0.3) is 5.52 Å². The van der Waals surface area contributed by atoms with Crippen LogP contribution in [0.1, 0.15) is 5.56 Å². The van der Waals surface area contributed by atoms with Gasteiger partial charge < -0.3 is 14.5 Å². The van der Waals surface area contributed by atoms with Crippen molar-refractivity contribution in [2.75, 3.05) is 18.0 Å². The molecule has 0 aliphatic carbocycles. The van der Waals surface area contributed by atoms with Crippen molar-refractivity contribution < 1.29 is 9.15 Å². The van der Waals surface area contributed by atoms with Crippen molar-refractivity contribution in [3.8, 4) is 0 Å². The molecule has 0 amide bonds. The first kappa shape index (κ1) is 10.6. The monoisotopic (exact) mass is 255 g/mol. The molecule has 3 heterocycles. The van der Waals surface area contributed by atoms with Crippen molar-refractivity contribution in [3.63, 3.8) is 0 Å². The number of fused-ring (bicyclic) bond motifs is 2. The van der Waals surface area contributed by atoms with Crippen LogP contribution < -0.4 is 9.63 Å². The molecular weight excluding hydrogens is 242 g/mol. The summed E-state index contributed by atoms with van der Waals surface area (Å²) in [6, 6.07) is 3.99. The summed E-state index contributed by atoms with van der Waals surface area (Å²) in [5, 5.41) is 11.6. The van der Waals surface area contributed by atoms with E-state index >= 15 is 0 Å². The second-order valence-electron chi connectivity index (χ2n) is 5.15. The summed E-state index contributed by atoms with van der Waals surface area (Å²) in [5.74, 6) is 0.442. The van der Waals surface area contributed by atoms with Crippen molar-refractivity contribution in [1.29, 1.82) is 0 Å². The Labute approximate surface area is 110 Å². The fourth-order valence-electron chi connectivity index (χ4n) is 2.92. The van der Waals surface area contributed by atoms with Crippen molar-refractivity contribution in [1.82, 2.24) is 0 Å². The lowest BCUT2D eigenvalue weighted by molar-refractivity contribution is -0.583. The second-order valence-corrected chi connectivity index (χ2v) is 5.15. The standard InChI is InChI=1S/C14H13N3O2/c1-9-2-12(3-13-14(9)17(18)8-19-13)16-6-10-4-15-5-11(10)7-16/h2-5,8,10H,6-7H2,1H3. The summed E-state index contributed by atoms with van der Waals surface area (Å²) in [5.41, 5.74) is 4.66. The van der Waals surface area contributed by atoms with Gasteiger partial charge in [0.15, 0.2) is 0 Å². The van der Waals surface area contributed by atoms with E-state index in [2.05, 4.69) is 9.89 Å². The Morgan fingerprint density at radius 3 is 3.21 bits per heavy atom. The smallest absolute Gasteiger partial charge is 0.347 e. The molecule has 1 aromatic carbocycles. The number of oxazole rings is 1. The molecule has 0 bridgehead atoms. The highest BCUT2D eigenvalue weighted by atomic mass is 16.5. The van der Waals surface area contributed by atoms with Gasteiger partial charge in [0.2, 0.25) is 5.58 Å². The molecule has 19 heavy (non-hydrogen) atoms. The van der Waals surface area contributed by atoms with E-state index in [-0.39, 0.29) is 0 Å². The molecule has 5 nitrogen and oxygen atoms in total. The van der Waals surface area contributed by atoms with Crippen molar-refractivity contribution in [2.24, 2.45) is 10.9 Å². The minimum atomic E-state index is 0.442. The largest absolute Gasteiger partial charge is 0.616 e. The maximum absolute atomic E-state index is 11.6. The summed E-state index contributed by atoms with van der Waals surface area (Å²) in [6.45, 7) is 3.78. The average molecular weight is 255 g/mol. The van der Waals surface area contributed by atoms with E-state index in [9.17, 15) is 5.21 Å². The summed E-state index contributed by atoms with van der Waals surface area (Å²) in [4.78, 5) is 6.49. The normalized spacial score (nSPS) is 21.2. The maximum Gasteiger partial charge on any atom is 0.347 e. The van der Waals surface area contributed by atoms with Crippen LogP contribution in [0.3, 0.4) is 0 Å². The van der Waals surface area contributed by atoms with Gasteiger partial charge in [0.1, 0.15) is 0 Å². The topological polar surface area (TPSA) is 55.7 Å². The van der Waals surface area contributed by atoms with Crippen LogP contribution in [0.5, 0.6) is 0 Å². The van der Waals surface area contributed by atoms with E-state index in [1.807, 2.05) is 31.5 Å². The number of aliphatic imine (C=N–C) groups is 1. The third-order valence-corrected chi connectivity index (χ3v) is 3.88. The van der Waals surface area contributed by atoms with Gasteiger partial charge in [-0.25, -0.2) is 0 Å². The van der Waals surface area contributed by atoms with Crippen LogP contribution in [-0.4, -0.2) is 19.3 Å². The number of anilines is 1. The Bertz CT molecular complexity index is 730. The second kappa shape index (κ2) is 3.60. The molecule has 2 aromatic rings. The van der Waals surface area contributed by atoms with Gasteiger partial charge in [0.05, 0.1) is 0 Å². The molecule has 0 spiro atoms. The van der Waals surface area contributed by atoms with Crippen LogP contribution in [-0.2, 0) is 0 Å². The van der Waals surface area contributed by atoms with E-state index < -0.39 is 0 Å². The van der Waals surface area contributed by atoms with E-state index in [1.165, 1.54) is 12.0 Å². The molecule has 0 radical (unpaired) electrons. The number of benzene rings is 1. The Morgan fingerprint density at radius 2 is 2.37 bits per heavy atom. The van der Waals surface area contributed by atoms with Gasteiger partial charge >= 0.3 is 6.39 Å². The Morgan fingerprint density at radius 1 is 1.47 bits per heavy atom. The van der Waals surface area contributed by atoms with E-state index in [1.54, 1.807) is 0 Å². The molecule has 1 atom stereocenters. The molecule has 96 valence electrons. The summed E-state index contributed by atoms with van der Waals surface area (Å²) < 4.78 is 6.09. The highest BCUT2D eigenvalue weighted by Gasteiger charge is 2.29. The third kappa shape index (κ3) is 1.47. The predicted molar refractivity (Wildman–Crippen MR) is 72.2 cm³/mol. The van der Waals surface area contributed by atoms with Gasteiger partial charge in [-0.05, 0) is 18.6 Å². The minimum absolute atomic E-state index is 0.442. The summed E-state index contributed by atoms with van der Waals surface area (Å²) in [7, 11) is 0. The average Bonchev–Trinajstić information content (AvgIpc) is 3.02. The molecule has 4 rings (SSSR count). The predicted octanol–water partition coefficient (Wildman–Crippen LogP) is 1.78. The Balaban J connectivity index is 1.76. The minimum Gasteiger partial charge on any atom is -0.616 e. The number of hydrogen-bond donors (Lipinski definition) is 0. The van der Waals surface area contributed by atoms with Gasteiger partial charge in [-0.15, -0.1) is 4.73 Å². The van der Waals surface area contributed by atoms with E-state index in [0.29, 0.717) is 17.0 Å². The zero-order valence-corrected chi connectivity index (χ0v) is 10.5. The molecule has 0 saturated carbocycles. The van der Waals surface area contributed by atoms with Crippen molar-refractivity contribution >= 4 is 23.0 Å². The number of nitrogens with zero attached hydrogens (tertiary/aromatic N) is 3. The summed E-state index contributed by atoms with van der Waals surface area (Å²) >= 11 is 0. The van der Waals surface area contributed by atoms with Crippen molar-refractivity contribution in [2.45, 2.75) is 6.92 Å². The van der Waals surface area contributed by atoms with Crippen LogP contribution in [0.2, 0.25) is 0 Å². The summed E-state index contributed by atoms with van der Waals surface area (Å²) in [6.07, 6.45) is 5.16. The fraction of sp³-hybridized carbons (Fsp3) is 0.286. The molecule has 1 saturated heterocycles. The molecule has 1 aromatic heterocycles. The van der Waals surface area contributed by atoms with Crippen molar-refractivity contribution in [3.05, 3.63) is 41.1 Å². The molecule has 1 fully saturated rings. The molecular formula is C14H13N3O2. The molecule has 0 N–H and O–H groups in total. The Kier molecular flexibility index (Phi) is 2.01. The fourth-order valence-corrected chi connectivity index (χ4v) is 2.92. The van der Waals surface area contributed by atoms with Gasteiger partial charge in [-0.1, -0.05) is 0 Å². The van der Waals surface area contributed by atoms with Gasteiger partial charge in [0, 0.05) is 48.7 Å². The first-order valence-electron chi connectivity index (χ1n) is 6.30. The third-order valence-electron chi connectivity index (χ3n) is 3.88. The molecule has 2 aliphatic heterocycles. The van der Waals surface area contributed by atoms with Crippen LogP contribution in [0.4, 0.5) is 5.69 Å². The zero-order chi connectivity index (χ0) is 13.0. The SMILES string of the molecule is Cc1cc(N2CC3=CN=CC3C2)cc2oc[n+]([O-])c12. The van der Waals surface area contributed by atoms with Crippen LogP contribution in [0.25, 0.3) is 11.1 Å². The van der Waals surface area contributed by atoms with E-state index in [4.69, 9.17) is 4.42 Å². The number of rotatable bonds is 1. The Hall–Kier alpha value is -2.30. The quantitative estimate of drug-likeness (QED) is 0.576. The molecule has 2 aliphatic rings. The lowest BCUT2D eigenvalue weighted by atomic mass is 10.1. The number of hydrogen-bond acceptors (Lipinski definition) is 4. The maximum atomic E-state index is 11.6. The van der Waals surface area contributed by atoms with Crippen LogP contribution in [0.15, 0.2) is 39.7 Å². The van der Waals surface area contributed by atoms with Gasteiger partial charge in [-0.3, -0.25) is 4.99 Å². The molecule has 5 heteroatoms. The van der Waals surface area contributed by atoms with E-state index in [0.717, 1.165) is 29.1 Å². The lowest BCUT2D eigenvalue weighted by Crippen LogP contribution is -2.24. The lowest BCUT2D eigenvalue weighted by Gasteiger charge is -2.18. The molecule has 1 unspecified atom stereocenters. The van der Waals surface area contributed by atoms with Gasteiger partial charge in [-0.2, -0.15) is 0 Å².